The van der Waals surface area contributed by atoms with Crippen molar-refractivity contribution in [3.63, 3.8) is 0 Å². The number of benzene rings is 1. The highest BCUT2D eigenvalue weighted by molar-refractivity contribution is 5.81. The summed E-state index contributed by atoms with van der Waals surface area (Å²) in [6.45, 7) is 3.94. The number of aromatic nitrogens is 2. The number of rotatable bonds is 4. The van der Waals surface area contributed by atoms with Gasteiger partial charge < -0.3 is 0 Å². The number of fused-ring (bicyclic) bond motifs is 1. The molecular weight excluding hydrogens is 228 g/mol. The Labute approximate surface area is 105 Å². The molecule has 0 fully saturated rings. The van der Waals surface area contributed by atoms with Gasteiger partial charge in [0.1, 0.15) is 0 Å². The molecule has 2 aromatic rings. The van der Waals surface area contributed by atoms with Gasteiger partial charge in [-0.25, -0.2) is 4.98 Å². The number of nitrogens with zero attached hydrogens (tertiary/aromatic N) is 2. The maximum absolute atomic E-state index is 12.1. The van der Waals surface area contributed by atoms with Gasteiger partial charge in [0.15, 0.2) is 5.78 Å². The summed E-state index contributed by atoms with van der Waals surface area (Å²) in [5.41, 5.74) is 0.506. The minimum absolute atomic E-state index is 0.0247. The lowest BCUT2D eigenvalue weighted by Crippen LogP contribution is -2.27. The van der Waals surface area contributed by atoms with Crippen molar-refractivity contribution in [1.29, 1.82) is 0 Å². The van der Waals surface area contributed by atoms with E-state index in [4.69, 9.17) is 0 Å². The summed E-state index contributed by atoms with van der Waals surface area (Å²) in [6, 6.07) is 7.15. The molecular formula is C14H16N2O2. The lowest BCUT2D eigenvalue weighted by atomic mass is 10.0. The van der Waals surface area contributed by atoms with E-state index in [2.05, 4.69) is 4.98 Å². The standard InChI is InChI=1S/C14H16N2O2/c1-3-10(2)13(17)8-16-9-15-12-7-5-4-6-11(12)14(16)18/h4-7,9-10H,3,8H2,1-2H3. The molecule has 1 aromatic heterocycles. The number of ketones is 1. The molecule has 4 nitrogen and oxygen atoms in total. The van der Waals surface area contributed by atoms with Gasteiger partial charge in [-0.05, 0) is 18.6 Å². The van der Waals surface area contributed by atoms with Gasteiger partial charge in [0, 0.05) is 5.92 Å². The number of carbonyl (C=O) groups is 1. The van der Waals surface area contributed by atoms with E-state index in [1.807, 2.05) is 19.9 Å². The quantitative estimate of drug-likeness (QED) is 0.826. The van der Waals surface area contributed by atoms with Crippen molar-refractivity contribution in [3.8, 4) is 0 Å². The summed E-state index contributed by atoms with van der Waals surface area (Å²) in [5, 5.41) is 0.553. The number of hydrogen-bond donors (Lipinski definition) is 0. The van der Waals surface area contributed by atoms with Gasteiger partial charge >= 0.3 is 0 Å². The maximum Gasteiger partial charge on any atom is 0.261 e. The number of hydrogen-bond acceptors (Lipinski definition) is 3. The lowest BCUT2D eigenvalue weighted by Gasteiger charge is -2.09. The molecule has 1 atom stereocenters. The van der Waals surface area contributed by atoms with Gasteiger partial charge in [-0.2, -0.15) is 0 Å². The topological polar surface area (TPSA) is 52.0 Å². The summed E-state index contributed by atoms with van der Waals surface area (Å²) in [6.07, 6.45) is 2.24. The first-order valence-electron chi connectivity index (χ1n) is 6.10. The third-order valence-electron chi connectivity index (χ3n) is 3.22. The fourth-order valence-corrected chi connectivity index (χ4v) is 1.77. The van der Waals surface area contributed by atoms with Crippen LogP contribution in [0.1, 0.15) is 20.3 Å². The van der Waals surface area contributed by atoms with Crippen molar-refractivity contribution in [2.45, 2.75) is 26.8 Å². The van der Waals surface area contributed by atoms with Crippen LogP contribution >= 0.6 is 0 Å². The molecule has 2 rings (SSSR count). The molecule has 0 bridgehead atoms. The second-order valence-electron chi connectivity index (χ2n) is 4.47. The molecule has 0 aliphatic heterocycles. The molecule has 18 heavy (non-hydrogen) atoms. The highest BCUT2D eigenvalue weighted by Gasteiger charge is 2.12. The number of carbonyl (C=O) groups excluding carboxylic acids is 1. The van der Waals surface area contributed by atoms with Gasteiger partial charge in [-0.1, -0.05) is 26.0 Å². The Bertz CT molecular complexity index is 631. The van der Waals surface area contributed by atoms with Crippen LogP contribution in [-0.4, -0.2) is 15.3 Å². The summed E-state index contributed by atoms with van der Waals surface area (Å²) >= 11 is 0. The highest BCUT2D eigenvalue weighted by Crippen LogP contribution is 2.06. The van der Waals surface area contributed by atoms with Crippen LogP contribution in [-0.2, 0) is 11.3 Å². The maximum atomic E-state index is 12.1. The Morgan fingerprint density at radius 3 is 2.83 bits per heavy atom. The Morgan fingerprint density at radius 2 is 2.11 bits per heavy atom. The van der Waals surface area contributed by atoms with Crippen LogP contribution in [0.4, 0.5) is 0 Å². The average molecular weight is 244 g/mol. The van der Waals surface area contributed by atoms with Crippen LogP contribution in [0.15, 0.2) is 35.4 Å². The van der Waals surface area contributed by atoms with E-state index >= 15 is 0 Å². The number of para-hydroxylation sites is 1. The van der Waals surface area contributed by atoms with Crippen LogP contribution in [0.3, 0.4) is 0 Å². The molecule has 0 aliphatic carbocycles. The smallest absolute Gasteiger partial charge is 0.261 e. The largest absolute Gasteiger partial charge is 0.297 e. The van der Waals surface area contributed by atoms with E-state index in [9.17, 15) is 9.59 Å². The molecule has 0 N–H and O–H groups in total. The van der Waals surface area contributed by atoms with Gasteiger partial charge in [0.05, 0.1) is 23.8 Å². The van der Waals surface area contributed by atoms with Gasteiger partial charge in [-0.3, -0.25) is 14.2 Å². The highest BCUT2D eigenvalue weighted by atomic mass is 16.1. The first-order valence-corrected chi connectivity index (χ1v) is 6.10. The predicted octanol–water partition coefficient (Wildman–Crippen LogP) is 2.01. The monoisotopic (exact) mass is 244 g/mol. The Kier molecular flexibility index (Phi) is 3.55. The minimum atomic E-state index is -0.155. The fraction of sp³-hybridized carbons (Fsp3) is 0.357. The molecule has 1 heterocycles. The van der Waals surface area contributed by atoms with Crippen LogP contribution in [0.2, 0.25) is 0 Å². The Balaban J connectivity index is 2.38. The molecule has 0 saturated carbocycles. The number of Topliss-reactive ketones (excluding diaryl/α,β-unsaturated/α-hetero) is 1. The molecule has 0 spiro atoms. The molecule has 1 unspecified atom stereocenters. The average Bonchev–Trinajstić information content (AvgIpc) is 2.41. The van der Waals surface area contributed by atoms with E-state index < -0.39 is 0 Å². The first-order chi connectivity index (χ1) is 8.63. The van der Waals surface area contributed by atoms with E-state index in [0.717, 1.165) is 6.42 Å². The SMILES string of the molecule is CCC(C)C(=O)Cn1cnc2ccccc2c1=O. The van der Waals surface area contributed by atoms with Crippen molar-refractivity contribution in [1.82, 2.24) is 9.55 Å². The predicted molar refractivity (Wildman–Crippen MR) is 70.5 cm³/mol. The Morgan fingerprint density at radius 1 is 1.39 bits per heavy atom. The molecule has 1 aromatic carbocycles. The van der Waals surface area contributed by atoms with Crippen LogP contribution in [0.5, 0.6) is 0 Å². The summed E-state index contributed by atoms with van der Waals surface area (Å²) in [7, 11) is 0. The second kappa shape index (κ2) is 5.12. The second-order valence-corrected chi connectivity index (χ2v) is 4.47. The van der Waals surface area contributed by atoms with Crippen LogP contribution < -0.4 is 5.56 Å². The van der Waals surface area contributed by atoms with Crippen molar-refractivity contribution < 1.29 is 4.79 Å². The van der Waals surface area contributed by atoms with Crippen molar-refractivity contribution >= 4 is 16.7 Å². The summed E-state index contributed by atoms with van der Waals surface area (Å²) in [5.74, 6) is 0.0417. The minimum Gasteiger partial charge on any atom is -0.297 e. The van der Waals surface area contributed by atoms with Gasteiger partial charge in [-0.15, -0.1) is 0 Å². The van der Waals surface area contributed by atoms with Gasteiger partial charge in [0.2, 0.25) is 0 Å². The third-order valence-corrected chi connectivity index (χ3v) is 3.22. The zero-order valence-electron chi connectivity index (χ0n) is 10.6. The van der Waals surface area contributed by atoms with E-state index in [1.165, 1.54) is 10.9 Å². The fourth-order valence-electron chi connectivity index (χ4n) is 1.77. The molecule has 0 amide bonds. The van der Waals surface area contributed by atoms with Crippen molar-refractivity contribution in [2.24, 2.45) is 5.92 Å². The van der Waals surface area contributed by atoms with E-state index in [-0.39, 0.29) is 23.8 Å². The van der Waals surface area contributed by atoms with Crippen LogP contribution in [0.25, 0.3) is 10.9 Å². The molecule has 0 radical (unpaired) electrons. The van der Waals surface area contributed by atoms with Crippen LogP contribution in [0, 0.1) is 5.92 Å². The molecule has 0 aliphatic rings. The summed E-state index contributed by atoms with van der Waals surface area (Å²) < 4.78 is 1.39. The summed E-state index contributed by atoms with van der Waals surface area (Å²) in [4.78, 5) is 28.2. The zero-order chi connectivity index (χ0) is 13.1. The normalized spacial score (nSPS) is 12.6. The molecule has 94 valence electrons. The van der Waals surface area contributed by atoms with Gasteiger partial charge in [0.25, 0.3) is 5.56 Å². The lowest BCUT2D eigenvalue weighted by molar-refractivity contribution is -0.123. The third kappa shape index (κ3) is 2.32. The molecule has 0 saturated heterocycles. The van der Waals surface area contributed by atoms with E-state index in [0.29, 0.717) is 10.9 Å². The van der Waals surface area contributed by atoms with E-state index in [1.54, 1.807) is 18.2 Å². The molecule has 4 heteroatoms. The first kappa shape index (κ1) is 12.5. The Hall–Kier alpha value is -1.97. The van der Waals surface area contributed by atoms with Crippen molar-refractivity contribution in [2.75, 3.05) is 0 Å². The van der Waals surface area contributed by atoms with Crippen molar-refractivity contribution in [3.05, 3.63) is 40.9 Å². The zero-order valence-corrected chi connectivity index (χ0v) is 10.6.